The lowest BCUT2D eigenvalue weighted by Crippen LogP contribution is -2.53. The van der Waals surface area contributed by atoms with E-state index in [9.17, 15) is 15.0 Å². The molecule has 0 aromatic heterocycles. The molecule has 5 rings (SSSR count). The zero-order valence-corrected chi connectivity index (χ0v) is 21.3. The summed E-state index contributed by atoms with van der Waals surface area (Å²) >= 11 is 0. The average Bonchev–Trinajstić information content (AvgIpc) is 3.17. The van der Waals surface area contributed by atoms with Crippen LogP contribution in [0.25, 0.3) is 10.8 Å². The van der Waals surface area contributed by atoms with Crippen LogP contribution in [-0.2, 0) is 0 Å². The van der Waals surface area contributed by atoms with Gasteiger partial charge in [-0.1, -0.05) is 56.3 Å². The van der Waals surface area contributed by atoms with E-state index in [-0.39, 0.29) is 35.4 Å². The van der Waals surface area contributed by atoms with Gasteiger partial charge in [0.2, 0.25) is 0 Å². The summed E-state index contributed by atoms with van der Waals surface area (Å²) in [6, 6.07) is 14.1. The number of allylic oxidation sites excluding steroid dienone is 1. The summed E-state index contributed by atoms with van der Waals surface area (Å²) in [5.74, 6) is 1.33. The lowest BCUT2D eigenvalue weighted by atomic mass is 9.49. The number of aliphatic hydroxyl groups excluding tert-OH is 2. The van der Waals surface area contributed by atoms with Crippen molar-refractivity contribution in [2.24, 2.45) is 34.5 Å². The number of carbonyl (C=O) groups is 1. The lowest BCUT2D eigenvalue weighted by Gasteiger charge is -2.56. The van der Waals surface area contributed by atoms with Crippen LogP contribution >= 0.6 is 0 Å². The minimum absolute atomic E-state index is 0.0125. The van der Waals surface area contributed by atoms with Crippen molar-refractivity contribution in [3.8, 4) is 0 Å². The largest absolute Gasteiger partial charge is 0.396 e. The third kappa shape index (κ3) is 4.23. The Morgan fingerprint density at radius 1 is 1.06 bits per heavy atom. The molecule has 0 spiro atoms. The van der Waals surface area contributed by atoms with E-state index in [0.717, 1.165) is 49.3 Å². The highest BCUT2D eigenvalue weighted by Crippen LogP contribution is 2.63. The molecule has 3 N–H and O–H groups in total. The number of aliphatic hydroxyl groups is 2. The summed E-state index contributed by atoms with van der Waals surface area (Å²) in [6.45, 7) is 9.95. The monoisotopic (exact) mass is 475 g/mol. The van der Waals surface area contributed by atoms with Crippen LogP contribution in [0, 0.1) is 34.5 Å². The van der Waals surface area contributed by atoms with Crippen molar-refractivity contribution in [1.29, 1.82) is 0 Å². The lowest BCUT2D eigenvalue weighted by molar-refractivity contribution is -0.0928. The second-order valence-electron chi connectivity index (χ2n) is 12.1. The van der Waals surface area contributed by atoms with Crippen molar-refractivity contribution in [3.05, 3.63) is 60.2 Å². The number of benzene rings is 2. The van der Waals surface area contributed by atoms with E-state index in [0.29, 0.717) is 36.3 Å². The first kappa shape index (κ1) is 24.5. The molecule has 3 fully saturated rings. The Balaban J connectivity index is 1.41. The molecule has 4 heteroatoms. The summed E-state index contributed by atoms with van der Waals surface area (Å²) in [7, 11) is 0. The van der Waals surface area contributed by atoms with Crippen molar-refractivity contribution in [1.82, 2.24) is 5.32 Å². The third-order valence-electron chi connectivity index (χ3n) is 10.5. The summed E-state index contributed by atoms with van der Waals surface area (Å²) in [6.07, 6.45) is 6.52. The zero-order chi connectivity index (χ0) is 24.8. The first-order valence-electron chi connectivity index (χ1n) is 13.5. The molecule has 2 aromatic rings. The first-order valence-corrected chi connectivity index (χ1v) is 13.5. The normalized spacial score (nSPS) is 37.3. The van der Waals surface area contributed by atoms with Crippen LogP contribution in [0.4, 0.5) is 0 Å². The molecular formula is C31H41NO3. The molecule has 3 saturated carbocycles. The molecule has 4 nitrogen and oxygen atoms in total. The number of hydrogen-bond donors (Lipinski definition) is 3. The minimum Gasteiger partial charge on any atom is -0.396 e. The van der Waals surface area contributed by atoms with Crippen LogP contribution < -0.4 is 5.32 Å². The maximum Gasteiger partial charge on any atom is 0.251 e. The van der Waals surface area contributed by atoms with Gasteiger partial charge in [0.15, 0.2) is 0 Å². The molecule has 7 atom stereocenters. The highest BCUT2D eigenvalue weighted by Gasteiger charge is 2.56. The molecular weight excluding hydrogens is 434 g/mol. The number of rotatable bonds is 5. The van der Waals surface area contributed by atoms with Gasteiger partial charge in [-0.25, -0.2) is 0 Å². The van der Waals surface area contributed by atoms with E-state index in [1.165, 1.54) is 5.57 Å². The van der Waals surface area contributed by atoms with Gasteiger partial charge in [-0.3, -0.25) is 4.79 Å². The van der Waals surface area contributed by atoms with E-state index in [1.807, 2.05) is 36.4 Å². The molecule has 1 amide bonds. The summed E-state index contributed by atoms with van der Waals surface area (Å²) in [5.41, 5.74) is 2.18. The highest BCUT2D eigenvalue weighted by molar-refractivity contribution is 5.98. The first-order chi connectivity index (χ1) is 16.8. The summed E-state index contributed by atoms with van der Waals surface area (Å²) < 4.78 is 0. The maximum atomic E-state index is 13.3. The van der Waals surface area contributed by atoms with Gasteiger partial charge in [0.1, 0.15) is 0 Å². The third-order valence-corrected chi connectivity index (χ3v) is 10.5. The predicted octanol–water partition coefficient (Wildman–Crippen LogP) is 5.73. The Hall–Kier alpha value is -2.17. The van der Waals surface area contributed by atoms with E-state index in [2.05, 4.69) is 31.8 Å². The molecule has 188 valence electrons. The standard InChI is InChI=1S/C31H41NO3/c1-20-8-11-27-26(18-32-29(35)23-10-9-21-6-4-5-7-22(21)16-23)28(13-15-30(20,27)2)31(3)14-12-25(34)17-24(31)19-33/h4-7,9-10,16,24-28,33-34H,1,8,11-15,17-19H2,2-3H3,(H,32,35)/t24-,25+,26+,27+,28+,30-,31-/m1/s1. The van der Waals surface area contributed by atoms with E-state index < -0.39 is 0 Å². The summed E-state index contributed by atoms with van der Waals surface area (Å²) in [4.78, 5) is 13.3. The second kappa shape index (κ2) is 9.37. The van der Waals surface area contributed by atoms with E-state index >= 15 is 0 Å². The van der Waals surface area contributed by atoms with Crippen LogP contribution in [0.1, 0.15) is 69.2 Å². The van der Waals surface area contributed by atoms with E-state index in [1.54, 1.807) is 0 Å². The molecule has 0 aliphatic heterocycles. The van der Waals surface area contributed by atoms with Gasteiger partial charge in [0.25, 0.3) is 5.91 Å². The van der Waals surface area contributed by atoms with Gasteiger partial charge in [0, 0.05) is 18.7 Å². The van der Waals surface area contributed by atoms with Crippen molar-refractivity contribution in [3.63, 3.8) is 0 Å². The smallest absolute Gasteiger partial charge is 0.251 e. The molecule has 0 heterocycles. The Morgan fingerprint density at radius 3 is 2.60 bits per heavy atom. The van der Waals surface area contributed by atoms with Gasteiger partial charge in [-0.05, 0) is 102 Å². The van der Waals surface area contributed by atoms with Crippen molar-refractivity contribution < 1.29 is 15.0 Å². The van der Waals surface area contributed by atoms with Crippen LogP contribution in [0.2, 0.25) is 0 Å². The molecule has 35 heavy (non-hydrogen) atoms. The Bertz CT molecular complexity index is 1110. The number of carbonyl (C=O) groups excluding carboxylic acids is 1. The fourth-order valence-electron chi connectivity index (χ4n) is 8.11. The van der Waals surface area contributed by atoms with Gasteiger partial charge < -0.3 is 15.5 Å². The Kier molecular flexibility index (Phi) is 6.56. The van der Waals surface area contributed by atoms with Crippen molar-refractivity contribution in [2.45, 2.75) is 64.9 Å². The molecule has 3 aliphatic rings. The number of hydrogen-bond acceptors (Lipinski definition) is 3. The predicted molar refractivity (Wildman–Crippen MR) is 141 cm³/mol. The number of amides is 1. The molecule has 2 aromatic carbocycles. The molecule has 0 bridgehead atoms. The fraction of sp³-hybridized carbons (Fsp3) is 0.581. The van der Waals surface area contributed by atoms with Crippen LogP contribution in [0.15, 0.2) is 54.6 Å². The van der Waals surface area contributed by atoms with Crippen LogP contribution in [0.3, 0.4) is 0 Å². The Labute approximate surface area is 209 Å². The molecule has 0 saturated heterocycles. The van der Waals surface area contributed by atoms with Gasteiger partial charge in [0.05, 0.1) is 6.10 Å². The van der Waals surface area contributed by atoms with Crippen molar-refractivity contribution in [2.75, 3.05) is 13.2 Å². The quantitative estimate of drug-likeness (QED) is 0.484. The van der Waals surface area contributed by atoms with Crippen molar-refractivity contribution >= 4 is 16.7 Å². The summed E-state index contributed by atoms with van der Waals surface area (Å²) in [5, 5.41) is 26.2. The second-order valence-corrected chi connectivity index (χ2v) is 12.1. The Morgan fingerprint density at radius 2 is 1.83 bits per heavy atom. The topological polar surface area (TPSA) is 69.6 Å². The van der Waals surface area contributed by atoms with Gasteiger partial charge in [-0.2, -0.15) is 0 Å². The van der Waals surface area contributed by atoms with Crippen LogP contribution in [0.5, 0.6) is 0 Å². The van der Waals surface area contributed by atoms with E-state index in [4.69, 9.17) is 0 Å². The molecule has 0 radical (unpaired) electrons. The number of fused-ring (bicyclic) bond motifs is 2. The molecule has 3 aliphatic carbocycles. The van der Waals surface area contributed by atoms with Gasteiger partial charge >= 0.3 is 0 Å². The average molecular weight is 476 g/mol. The highest BCUT2D eigenvalue weighted by atomic mass is 16.3. The number of nitrogens with one attached hydrogen (secondary N) is 1. The SMILES string of the molecule is C=C1CC[C@H]2[C@H](CNC(=O)c3ccc4ccccc4c3)[C@@H]([C@]3(C)CC[C@H](O)C[C@@H]3CO)CC[C@]12C. The maximum absolute atomic E-state index is 13.3. The van der Waals surface area contributed by atoms with Gasteiger partial charge in [-0.15, -0.1) is 0 Å². The zero-order valence-electron chi connectivity index (χ0n) is 21.3. The minimum atomic E-state index is -0.314. The fourth-order valence-corrected chi connectivity index (χ4v) is 8.11. The van der Waals surface area contributed by atoms with Crippen LogP contribution in [-0.4, -0.2) is 35.4 Å². The molecule has 0 unspecified atom stereocenters.